The molecule has 0 spiro atoms. The molecule has 0 aliphatic carbocycles. The minimum Gasteiger partial charge on any atom is -0.485 e. The highest BCUT2D eigenvalue weighted by molar-refractivity contribution is 14.1. The Bertz CT molecular complexity index is 1210. The third-order valence-electron chi connectivity index (χ3n) is 4.88. The van der Waals surface area contributed by atoms with Crippen LogP contribution in [-0.4, -0.2) is 60.3 Å². The Morgan fingerprint density at radius 3 is 2.51 bits per heavy atom. The predicted molar refractivity (Wildman–Crippen MR) is 153 cm³/mol. The molecule has 0 fully saturated rings. The number of ether oxygens (including phenoxy) is 1. The molecule has 2 aromatic heterocycles. The van der Waals surface area contributed by atoms with Gasteiger partial charge in [0.25, 0.3) is 0 Å². The van der Waals surface area contributed by atoms with Crippen molar-refractivity contribution >= 4 is 93.8 Å². The summed E-state index contributed by atoms with van der Waals surface area (Å²) in [7, 11) is 5.15. The van der Waals surface area contributed by atoms with E-state index >= 15 is 0 Å². The second kappa shape index (κ2) is 13.7. The second-order valence-corrected chi connectivity index (χ2v) is 9.48. The van der Waals surface area contributed by atoms with Crippen LogP contribution < -0.4 is 15.0 Å². The molecule has 0 bridgehead atoms. The number of imidazole rings is 1. The van der Waals surface area contributed by atoms with E-state index in [0.717, 1.165) is 9.39 Å². The third kappa shape index (κ3) is 7.50. The fraction of sp³-hybridized carbons (Fsp3) is 0.318. The summed E-state index contributed by atoms with van der Waals surface area (Å²) in [5.41, 5.74) is 2.62. The molecule has 2 amide bonds. The normalized spacial score (nSPS) is 10.5. The number of halogens is 5. The van der Waals surface area contributed by atoms with Gasteiger partial charge in [-0.3, -0.25) is 14.0 Å². The van der Waals surface area contributed by atoms with Crippen molar-refractivity contribution in [3.05, 3.63) is 55.5 Å². The molecule has 0 aliphatic heterocycles. The average molecular weight is 677 g/mol. The number of anilines is 1. The summed E-state index contributed by atoms with van der Waals surface area (Å²) in [6, 6.07) is 7.03. The number of nitrogens with one attached hydrogen (secondary N) is 1. The average Bonchev–Trinajstić information content (AvgIpc) is 3.05. The number of nitrogens with zero attached hydrogens (tertiary/aromatic N) is 4. The van der Waals surface area contributed by atoms with Crippen molar-refractivity contribution in [2.45, 2.75) is 13.5 Å². The molecule has 0 aliphatic rings. The fourth-order valence-corrected chi connectivity index (χ4v) is 4.25. The summed E-state index contributed by atoms with van der Waals surface area (Å²) in [6.45, 7) is 2.08. The van der Waals surface area contributed by atoms with Gasteiger partial charge in [-0.2, -0.15) is 0 Å². The molecule has 35 heavy (non-hydrogen) atoms. The van der Waals surface area contributed by atoms with Crippen LogP contribution >= 0.6 is 70.6 Å². The lowest BCUT2D eigenvalue weighted by Crippen LogP contribution is -2.41. The van der Waals surface area contributed by atoms with Crippen LogP contribution in [0.4, 0.5) is 5.69 Å². The number of aryl methyl sites for hydroxylation is 1. The molecule has 0 radical (unpaired) electrons. The zero-order valence-corrected chi connectivity index (χ0v) is 24.8. The van der Waals surface area contributed by atoms with Gasteiger partial charge in [-0.05, 0) is 67.9 Å². The maximum atomic E-state index is 12.6. The molecule has 2 heterocycles. The summed E-state index contributed by atoms with van der Waals surface area (Å²) in [4.78, 5) is 32.1. The van der Waals surface area contributed by atoms with E-state index in [4.69, 9.17) is 27.9 Å². The first-order chi connectivity index (χ1) is 15.6. The highest BCUT2D eigenvalue weighted by atomic mass is 127. The molecule has 1 N–H and O–H groups in total. The van der Waals surface area contributed by atoms with Crippen LogP contribution in [0.5, 0.6) is 5.75 Å². The van der Waals surface area contributed by atoms with Gasteiger partial charge in [0, 0.05) is 23.8 Å². The van der Waals surface area contributed by atoms with Crippen LogP contribution in [0.2, 0.25) is 10.0 Å². The van der Waals surface area contributed by atoms with E-state index < -0.39 is 0 Å². The van der Waals surface area contributed by atoms with Crippen molar-refractivity contribution in [1.82, 2.24) is 19.6 Å². The zero-order chi connectivity index (χ0) is 24.3. The summed E-state index contributed by atoms with van der Waals surface area (Å²) in [6.07, 6.45) is 1.92. The molecule has 13 heteroatoms. The van der Waals surface area contributed by atoms with Crippen LogP contribution in [0, 0.1) is 10.6 Å². The van der Waals surface area contributed by atoms with Crippen LogP contribution in [0.1, 0.15) is 11.3 Å². The summed E-state index contributed by atoms with van der Waals surface area (Å²) in [5, 5.41) is 3.33. The molecule has 1 aromatic carbocycles. The Morgan fingerprint density at radius 1 is 1.17 bits per heavy atom. The van der Waals surface area contributed by atoms with Crippen LogP contribution in [-0.2, 0) is 16.2 Å². The van der Waals surface area contributed by atoms with E-state index in [0.29, 0.717) is 32.7 Å². The van der Waals surface area contributed by atoms with E-state index in [1.165, 1.54) is 4.90 Å². The van der Waals surface area contributed by atoms with Crippen LogP contribution in [0.3, 0.4) is 0 Å². The second-order valence-electron chi connectivity index (χ2n) is 7.67. The number of rotatable bonds is 8. The summed E-state index contributed by atoms with van der Waals surface area (Å²) in [5.74, 6) is 0.0376. The lowest BCUT2D eigenvalue weighted by atomic mass is 10.2. The van der Waals surface area contributed by atoms with Crippen molar-refractivity contribution < 1.29 is 14.3 Å². The molecular formula is C22H26Cl4IN5O3. The van der Waals surface area contributed by atoms with Gasteiger partial charge in [-0.15, -0.1) is 24.8 Å². The quantitative estimate of drug-likeness (QED) is 0.353. The van der Waals surface area contributed by atoms with Crippen molar-refractivity contribution in [3.63, 3.8) is 0 Å². The summed E-state index contributed by atoms with van der Waals surface area (Å²) < 4.78 is 8.98. The maximum Gasteiger partial charge on any atom is 0.246 e. The van der Waals surface area contributed by atoms with Gasteiger partial charge >= 0.3 is 0 Å². The van der Waals surface area contributed by atoms with Crippen molar-refractivity contribution in [2.75, 3.05) is 39.1 Å². The fourth-order valence-electron chi connectivity index (χ4n) is 3.14. The van der Waals surface area contributed by atoms with E-state index in [-0.39, 0.29) is 56.3 Å². The van der Waals surface area contributed by atoms with Crippen molar-refractivity contribution in [3.8, 4) is 5.75 Å². The maximum absolute atomic E-state index is 12.6. The molecular weight excluding hydrogens is 651 g/mol. The van der Waals surface area contributed by atoms with Crippen LogP contribution in [0.25, 0.3) is 5.65 Å². The van der Waals surface area contributed by atoms with Gasteiger partial charge in [-0.25, -0.2) is 4.98 Å². The number of hydrogen-bond donors (Lipinski definition) is 1. The number of fused-ring (bicyclic) bond motifs is 1. The Labute approximate surface area is 240 Å². The number of aromatic nitrogens is 2. The Balaban J connectivity index is 0.00000306. The minimum absolute atomic E-state index is 0. The molecule has 3 aromatic rings. The number of carbonyl (C=O) groups is 2. The van der Waals surface area contributed by atoms with Gasteiger partial charge in [-0.1, -0.05) is 23.2 Å². The number of hydrogen-bond acceptors (Lipinski definition) is 5. The van der Waals surface area contributed by atoms with Gasteiger partial charge in [0.15, 0.2) is 11.4 Å². The molecule has 0 saturated carbocycles. The van der Waals surface area contributed by atoms with Crippen molar-refractivity contribution in [1.29, 1.82) is 0 Å². The molecule has 3 rings (SSSR count). The standard InChI is InChI=1S/C22H24Cl2IN5O3.2ClH/c1-13-21(25)30-9-5-6-17(22(30)27-13)33-12-14-15(23)7-8-16(20(14)24)29(4)19(32)10-26-18(31)11-28(2)3;;/h5-9H,10-12H2,1-4H3,(H,26,31);2*1H. The summed E-state index contributed by atoms with van der Waals surface area (Å²) >= 11 is 15.3. The highest BCUT2D eigenvalue weighted by Gasteiger charge is 2.20. The number of amides is 2. The Kier molecular flexibility index (Phi) is 12.4. The molecule has 8 nitrogen and oxygen atoms in total. The van der Waals surface area contributed by atoms with E-state index in [2.05, 4.69) is 32.9 Å². The number of carbonyl (C=O) groups excluding carboxylic acids is 2. The Morgan fingerprint density at radius 2 is 1.86 bits per heavy atom. The van der Waals surface area contributed by atoms with Crippen molar-refractivity contribution in [2.24, 2.45) is 0 Å². The monoisotopic (exact) mass is 675 g/mol. The minimum atomic E-state index is -0.314. The van der Waals surface area contributed by atoms with Gasteiger partial charge < -0.3 is 19.9 Å². The largest absolute Gasteiger partial charge is 0.485 e. The van der Waals surface area contributed by atoms with E-state index in [1.54, 1.807) is 38.2 Å². The van der Waals surface area contributed by atoms with Gasteiger partial charge in [0.2, 0.25) is 11.8 Å². The van der Waals surface area contributed by atoms with Crippen LogP contribution in [0.15, 0.2) is 30.5 Å². The van der Waals surface area contributed by atoms with Gasteiger partial charge in [0.05, 0.1) is 29.5 Å². The first kappa shape index (κ1) is 31.5. The predicted octanol–water partition coefficient (Wildman–Crippen LogP) is 4.62. The lowest BCUT2D eigenvalue weighted by molar-refractivity contribution is -0.125. The number of pyridine rings is 1. The van der Waals surface area contributed by atoms with E-state index in [1.807, 2.05) is 29.7 Å². The smallest absolute Gasteiger partial charge is 0.246 e. The zero-order valence-electron chi connectivity index (χ0n) is 19.5. The first-order valence-corrected chi connectivity index (χ1v) is 11.8. The van der Waals surface area contributed by atoms with E-state index in [9.17, 15) is 9.59 Å². The Hall–Kier alpha value is -1.50. The topological polar surface area (TPSA) is 79.2 Å². The van der Waals surface area contributed by atoms with Gasteiger partial charge in [0.1, 0.15) is 10.3 Å². The SMILES string of the molecule is Cc1nc2c(OCc3c(Cl)ccc(N(C)C(=O)CNC(=O)CN(C)C)c3Cl)cccn2c1I.Cl.Cl. The molecule has 0 atom stereocenters. The number of likely N-dealkylation sites (N-methyl/N-ethyl adjacent to an activating group) is 2. The molecule has 192 valence electrons. The highest BCUT2D eigenvalue weighted by Crippen LogP contribution is 2.35. The molecule has 0 unspecified atom stereocenters. The number of benzene rings is 1. The third-order valence-corrected chi connectivity index (χ3v) is 6.96. The first-order valence-electron chi connectivity index (χ1n) is 10.0. The molecule has 0 saturated heterocycles. The lowest BCUT2D eigenvalue weighted by Gasteiger charge is -2.21.